The van der Waals surface area contributed by atoms with Gasteiger partial charge in [0.05, 0.1) is 0 Å². The van der Waals surface area contributed by atoms with E-state index in [0.29, 0.717) is 5.56 Å². The molecule has 3 rings (SSSR count). The van der Waals surface area contributed by atoms with Crippen LogP contribution in [-0.4, -0.2) is 10.1 Å². The zero-order chi connectivity index (χ0) is 14.2. The van der Waals surface area contributed by atoms with Gasteiger partial charge in [-0.15, -0.1) is 0 Å². The van der Waals surface area contributed by atoms with E-state index in [1.807, 2.05) is 24.3 Å². The lowest BCUT2D eigenvalue weighted by Gasteiger charge is -2.26. The molecule has 0 radical (unpaired) electrons. The van der Waals surface area contributed by atoms with E-state index >= 15 is 0 Å². The van der Waals surface area contributed by atoms with Gasteiger partial charge in [-0.05, 0) is 41.6 Å². The number of hydrogen-bond acceptors (Lipinski definition) is 2. The fourth-order valence-electron chi connectivity index (χ4n) is 2.49. The molecule has 0 spiro atoms. The Morgan fingerprint density at radius 1 is 1.10 bits per heavy atom. The Morgan fingerprint density at radius 2 is 1.90 bits per heavy atom. The number of pyridine rings is 1. The van der Waals surface area contributed by atoms with Gasteiger partial charge in [0.15, 0.2) is 0 Å². The zero-order valence-electron chi connectivity index (χ0n) is 11.0. The van der Waals surface area contributed by atoms with E-state index in [0.717, 1.165) is 16.3 Å². The largest absolute Gasteiger partial charge is 0.381 e. The summed E-state index contributed by atoms with van der Waals surface area (Å²) in [6.07, 6.45) is 3.44. The minimum atomic E-state index is -1.26. The van der Waals surface area contributed by atoms with E-state index in [9.17, 15) is 9.50 Å². The lowest BCUT2D eigenvalue weighted by Crippen LogP contribution is -2.23. The van der Waals surface area contributed by atoms with Crippen LogP contribution in [-0.2, 0) is 5.60 Å². The summed E-state index contributed by atoms with van der Waals surface area (Å²) in [5.41, 5.74) is 0.00740. The van der Waals surface area contributed by atoms with Crippen molar-refractivity contribution >= 4 is 10.8 Å². The number of aliphatic hydroxyl groups is 1. The lowest BCUT2D eigenvalue weighted by atomic mass is 9.85. The number of halogens is 1. The van der Waals surface area contributed by atoms with Crippen molar-refractivity contribution in [2.24, 2.45) is 0 Å². The highest BCUT2D eigenvalue weighted by molar-refractivity contribution is 5.86. The predicted octanol–water partition coefficient (Wildman–Crippen LogP) is 3.63. The molecule has 0 saturated heterocycles. The summed E-state index contributed by atoms with van der Waals surface area (Å²) in [5.74, 6) is -0.357. The maximum absolute atomic E-state index is 13.4. The molecule has 0 amide bonds. The maximum Gasteiger partial charge on any atom is 0.123 e. The normalized spacial score (nSPS) is 14.2. The average Bonchev–Trinajstić information content (AvgIpc) is 2.46. The van der Waals surface area contributed by atoms with Gasteiger partial charge in [0.2, 0.25) is 0 Å². The Balaban J connectivity index is 2.23. The molecule has 2 aromatic carbocycles. The fraction of sp³-hybridized carbons (Fsp3) is 0.118. The van der Waals surface area contributed by atoms with Gasteiger partial charge < -0.3 is 5.11 Å². The Kier molecular flexibility index (Phi) is 2.99. The Hall–Kier alpha value is -2.26. The van der Waals surface area contributed by atoms with Crippen molar-refractivity contribution in [3.63, 3.8) is 0 Å². The Morgan fingerprint density at radius 3 is 2.70 bits per heavy atom. The van der Waals surface area contributed by atoms with Crippen molar-refractivity contribution < 1.29 is 9.50 Å². The molecule has 0 fully saturated rings. The maximum atomic E-state index is 13.4. The fourth-order valence-corrected chi connectivity index (χ4v) is 2.49. The van der Waals surface area contributed by atoms with Crippen LogP contribution in [0.15, 0.2) is 60.9 Å². The second kappa shape index (κ2) is 4.69. The van der Waals surface area contributed by atoms with Crippen LogP contribution in [0.5, 0.6) is 0 Å². The minimum absolute atomic E-state index is 0.357. The molecule has 20 heavy (non-hydrogen) atoms. The lowest BCUT2D eigenvalue weighted by molar-refractivity contribution is 0.103. The molecule has 1 atom stereocenters. The van der Waals surface area contributed by atoms with Crippen LogP contribution in [0.25, 0.3) is 10.8 Å². The van der Waals surface area contributed by atoms with Crippen molar-refractivity contribution in [2.45, 2.75) is 12.5 Å². The second-order valence-corrected chi connectivity index (χ2v) is 4.98. The van der Waals surface area contributed by atoms with Crippen molar-refractivity contribution in [3.05, 3.63) is 77.9 Å². The molecule has 2 nitrogen and oxygen atoms in total. The molecule has 3 aromatic rings. The third-order valence-corrected chi connectivity index (χ3v) is 3.59. The van der Waals surface area contributed by atoms with E-state index in [4.69, 9.17) is 0 Å². The third kappa shape index (κ3) is 2.06. The topological polar surface area (TPSA) is 33.1 Å². The summed E-state index contributed by atoms with van der Waals surface area (Å²) in [4.78, 5) is 4.08. The first kappa shape index (κ1) is 12.8. The molecule has 0 aliphatic carbocycles. The molecular formula is C17H14FNO. The van der Waals surface area contributed by atoms with Gasteiger partial charge in [-0.2, -0.15) is 0 Å². The zero-order valence-corrected chi connectivity index (χ0v) is 11.0. The summed E-state index contributed by atoms with van der Waals surface area (Å²) < 4.78 is 13.4. The monoisotopic (exact) mass is 267 g/mol. The van der Waals surface area contributed by atoms with Crippen molar-refractivity contribution in [1.29, 1.82) is 0 Å². The van der Waals surface area contributed by atoms with Crippen molar-refractivity contribution in [1.82, 2.24) is 4.98 Å². The molecule has 1 heterocycles. The van der Waals surface area contributed by atoms with E-state index < -0.39 is 5.60 Å². The summed E-state index contributed by atoms with van der Waals surface area (Å²) in [6.45, 7) is 1.68. The van der Waals surface area contributed by atoms with Crippen LogP contribution in [0.3, 0.4) is 0 Å². The Bertz CT molecular complexity index is 762. The molecule has 0 aliphatic rings. The summed E-state index contributed by atoms with van der Waals surface area (Å²) in [5, 5.41) is 12.8. The molecule has 100 valence electrons. The standard InChI is InChI=1S/C17H14FNO/c1-17(20,13-5-3-6-14(18)10-13)16-7-2-4-12-11-19-9-8-15(12)16/h2-11,20H,1H3. The van der Waals surface area contributed by atoms with Crippen LogP contribution >= 0.6 is 0 Å². The molecular weight excluding hydrogens is 253 g/mol. The molecule has 3 heteroatoms. The summed E-state index contributed by atoms with van der Waals surface area (Å²) in [7, 11) is 0. The van der Waals surface area contributed by atoms with Crippen LogP contribution < -0.4 is 0 Å². The second-order valence-electron chi connectivity index (χ2n) is 4.98. The van der Waals surface area contributed by atoms with E-state index in [-0.39, 0.29) is 5.82 Å². The first-order valence-electron chi connectivity index (χ1n) is 6.41. The third-order valence-electron chi connectivity index (χ3n) is 3.59. The number of benzene rings is 2. The summed E-state index contributed by atoms with van der Waals surface area (Å²) in [6, 6.07) is 13.6. The van der Waals surface area contributed by atoms with Crippen LogP contribution in [0.2, 0.25) is 0 Å². The average molecular weight is 267 g/mol. The highest BCUT2D eigenvalue weighted by Gasteiger charge is 2.27. The molecule has 0 saturated carbocycles. The van der Waals surface area contributed by atoms with Crippen molar-refractivity contribution in [2.75, 3.05) is 0 Å². The van der Waals surface area contributed by atoms with Crippen molar-refractivity contribution in [3.8, 4) is 0 Å². The van der Waals surface area contributed by atoms with Gasteiger partial charge in [0.25, 0.3) is 0 Å². The Labute approximate surface area is 116 Å². The number of nitrogens with zero attached hydrogens (tertiary/aromatic N) is 1. The van der Waals surface area contributed by atoms with Gasteiger partial charge in [-0.3, -0.25) is 4.98 Å². The van der Waals surface area contributed by atoms with Gasteiger partial charge >= 0.3 is 0 Å². The smallest absolute Gasteiger partial charge is 0.123 e. The predicted molar refractivity (Wildman–Crippen MR) is 76.8 cm³/mol. The van der Waals surface area contributed by atoms with Gasteiger partial charge in [-0.1, -0.05) is 30.3 Å². The molecule has 0 bridgehead atoms. The first-order chi connectivity index (χ1) is 9.59. The van der Waals surface area contributed by atoms with Crippen LogP contribution in [0.1, 0.15) is 18.1 Å². The minimum Gasteiger partial charge on any atom is -0.381 e. The quantitative estimate of drug-likeness (QED) is 0.769. The van der Waals surface area contributed by atoms with Gasteiger partial charge in [0, 0.05) is 17.8 Å². The first-order valence-corrected chi connectivity index (χ1v) is 6.41. The molecule has 1 unspecified atom stereocenters. The van der Waals surface area contributed by atoms with Gasteiger partial charge in [0.1, 0.15) is 11.4 Å². The van der Waals surface area contributed by atoms with E-state index in [2.05, 4.69) is 4.98 Å². The number of hydrogen-bond donors (Lipinski definition) is 1. The van der Waals surface area contributed by atoms with E-state index in [1.165, 1.54) is 12.1 Å². The van der Waals surface area contributed by atoms with Gasteiger partial charge in [-0.25, -0.2) is 4.39 Å². The van der Waals surface area contributed by atoms with E-state index in [1.54, 1.807) is 31.5 Å². The number of fused-ring (bicyclic) bond motifs is 1. The van der Waals surface area contributed by atoms with Crippen LogP contribution in [0.4, 0.5) is 4.39 Å². The molecule has 1 N–H and O–H groups in total. The number of aromatic nitrogens is 1. The highest BCUT2D eigenvalue weighted by Crippen LogP contribution is 2.33. The SMILES string of the molecule is CC(O)(c1cccc(F)c1)c1cccc2cnccc12. The summed E-state index contributed by atoms with van der Waals surface area (Å²) >= 11 is 0. The number of rotatable bonds is 2. The molecule has 0 aliphatic heterocycles. The van der Waals surface area contributed by atoms with Crippen LogP contribution in [0, 0.1) is 5.82 Å². The highest BCUT2D eigenvalue weighted by atomic mass is 19.1. The molecule has 1 aromatic heterocycles.